The number of nitriles is 1. The highest BCUT2D eigenvalue weighted by molar-refractivity contribution is 7.13. The van der Waals surface area contributed by atoms with Crippen LogP contribution in [0.4, 0.5) is 10.9 Å². The minimum Gasteiger partial charge on any atom is -0.368 e. The summed E-state index contributed by atoms with van der Waals surface area (Å²) in [5.41, 5.74) is 1.44. The Kier molecular flexibility index (Phi) is 4.26. The van der Waals surface area contributed by atoms with Crippen molar-refractivity contribution in [1.29, 1.82) is 5.26 Å². The van der Waals surface area contributed by atoms with E-state index >= 15 is 0 Å². The van der Waals surface area contributed by atoms with Crippen LogP contribution in [0, 0.1) is 11.3 Å². The Hall–Kier alpha value is -2.20. The van der Waals surface area contributed by atoms with Gasteiger partial charge in [-0.1, -0.05) is 0 Å². The van der Waals surface area contributed by atoms with Crippen LogP contribution in [0.5, 0.6) is 0 Å². The van der Waals surface area contributed by atoms with E-state index < -0.39 is 0 Å². The zero-order valence-corrected chi connectivity index (χ0v) is 12.4. The van der Waals surface area contributed by atoms with E-state index in [2.05, 4.69) is 30.5 Å². The number of aromatic nitrogens is 3. The summed E-state index contributed by atoms with van der Waals surface area (Å²) in [5, 5.41) is 15.1. The van der Waals surface area contributed by atoms with Gasteiger partial charge < -0.3 is 10.2 Å². The van der Waals surface area contributed by atoms with E-state index in [1.165, 1.54) is 19.0 Å². The Morgan fingerprint density at radius 1 is 1.29 bits per heavy atom. The molecule has 0 radical (unpaired) electrons. The van der Waals surface area contributed by atoms with Crippen molar-refractivity contribution >= 4 is 22.3 Å². The van der Waals surface area contributed by atoms with Crippen LogP contribution < -0.4 is 10.2 Å². The van der Waals surface area contributed by atoms with Crippen molar-refractivity contribution in [3.05, 3.63) is 29.2 Å². The lowest BCUT2D eigenvalue weighted by atomic mass is 10.3. The number of nitrogens with zero attached hydrogens (tertiary/aromatic N) is 5. The van der Waals surface area contributed by atoms with Crippen LogP contribution in [-0.2, 0) is 6.42 Å². The molecule has 21 heavy (non-hydrogen) atoms. The van der Waals surface area contributed by atoms with Crippen LogP contribution in [-0.4, -0.2) is 34.6 Å². The summed E-state index contributed by atoms with van der Waals surface area (Å²) >= 11 is 1.72. The third kappa shape index (κ3) is 3.47. The maximum Gasteiger partial charge on any atom is 0.185 e. The van der Waals surface area contributed by atoms with Crippen molar-refractivity contribution in [3.63, 3.8) is 0 Å². The molecule has 0 spiro atoms. The fourth-order valence-corrected chi connectivity index (χ4v) is 3.17. The minimum atomic E-state index is 0.329. The van der Waals surface area contributed by atoms with Crippen molar-refractivity contribution in [2.24, 2.45) is 0 Å². The molecular weight excluding hydrogens is 284 g/mol. The molecule has 1 aliphatic heterocycles. The second kappa shape index (κ2) is 6.50. The first kappa shape index (κ1) is 13.8. The van der Waals surface area contributed by atoms with Crippen LogP contribution >= 0.6 is 11.3 Å². The van der Waals surface area contributed by atoms with E-state index in [9.17, 15) is 0 Å². The van der Waals surface area contributed by atoms with Gasteiger partial charge in [-0.05, 0) is 12.8 Å². The van der Waals surface area contributed by atoms with Gasteiger partial charge >= 0.3 is 0 Å². The quantitative estimate of drug-likeness (QED) is 0.910. The summed E-state index contributed by atoms with van der Waals surface area (Å²) in [5.74, 6) is 0.684. The van der Waals surface area contributed by atoms with Gasteiger partial charge in [-0.25, -0.2) is 15.0 Å². The zero-order chi connectivity index (χ0) is 14.5. The van der Waals surface area contributed by atoms with Gasteiger partial charge in [0.25, 0.3) is 0 Å². The molecule has 6 nitrogen and oxygen atoms in total. The molecule has 0 saturated carbocycles. The maximum absolute atomic E-state index is 8.66. The summed E-state index contributed by atoms with van der Waals surface area (Å²) in [4.78, 5) is 15.1. The van der Waals surface area contributed by atoms with E-state index in [1.807, 2.05) is 6.07 Å². The maximum atomic E-state index is 8.66. The van der Waals surface area contributed by atoms with E-state index in [0.29, 0.717) is 11.5 Å². The summed E-state index contributed by atoms with van der Waals surface area (Å²) in [7, 11) is 0. The van der Waals surface area contributed by atoms with Gasteiger partial charge in [0.15, 0.2) is 10.8 Å². The average molecular weight is 300 g/mol. The lowest BCUT2D eigenvalue weighted by Gasteiger charge is -2.12. The molecule has 0 atom stereocenters. The van der Waals surface area contributed by atoms with E-state index in [4.69, 9.17) is 5.26 Å². The van der Waals surface area contributed by atoms with Crippen molar-refractivity contribution in [1.82, 2.24) is 15.0 Å². The van der Waals surface area contributed by atoms with Gasteiger partial charge in [-0.2, -0.15) is 5.26 Å². The predicted molar refractivity (Wildman–Crippen MR) is 82.5 cm³/mol. The number of anilines is 2. The molecule has 0 aromatic carbocycles. The van der Waals surface area contributed by atoms with E-state index in [-0.39, 0.29) is 0 Å². The molecule has 108 valence electrons. The molecule has 7 heteroatoms. The normalized spacial score (nSPS) is 14.1. The Bertz CT molecular complexity index is 624. The lowest BCUT2D eigenvalue weighted by Crippen LogP contribution is -2.17. The fourth-order valence-electron chi connectivity index (χ4n) is 2.26. The monoisotopic (exact) mass is 300 g/mol. The second-order valence-electron chi connectivity index (χ2n) is 4.89. The first-order valence-electron chi connectivity index (χ1n) is 7.00. The Morgan fingerprint density at radius 2 is 2.14 bits per heavy atom. The molecule has 3 heterocycles. The molecule has 1 saturated heterocycles. The Labute approximate surface area is 127 Å². The minimum absolute atomic E-state index is 0.329. The highest BCUT2D eigenvalue weighted by atomic mass is 32.1. The average Bonchev–Trinajstić information content (AvgIpc) is 3.19. The van der Waals surface area contributed by atoms with Gasteiger partial charge in [-0.3, -0.25) is 0 Å². The molecule has 2 aromatic heterocycles. The Balaban J connectivity index is 1.49. The van der Waals surface area contributed by atoms with Crippen molar-refractivity contribution in [2.75, 3.05) is 29.9 Å². The molecule has 0 bridgehead atoms. The van der Waals surface area contributed by atoms with Gasteiger partial charge in [0.05, 0.1) is 18.1 Å². The fraction of sp³-hybridized carbons (Fsp3) is 0.429. The molecular formula is C14H16N6S. The molecule has 1 fully saturated rings. The third-order valence-electron chi connectivity index (χ3n) is 3.37. The summed E-state index contributed by atoms with van der Waals surface area (Å²) in [6.07, 6.45) is 6.44. The highest BCUT2D eigenvalue weighted by Crippen LogP contribution is 2.24. The van der Waals surface area contributed by atoms with Gasteiger partial charge in [0.2, 0.25) is 0 Å². The molecule has 1 N–H and O–H groups in total. The first-order valence-corrected chi connectivity index (χ1v) is 7.88. The summed E-state index contributed by atoms with van der Waals surface area (Å²) in [6.45, 7) is 3.02. The zero-order valence-electron chi connectivity index (χ0n) is 11.6. The SMILES string of the molecule is N#Cc1cnc(NCCc2csc(N3CCCC3)n2)cn1. The number of hydrogen-bond donors (Lipinski definition) is 1. The third-order valence-corrected chi connectivity index (χ3v) is 4.32. The van der Waals surface area contributed by atoms with Crippen molar-refractivity contribution in [3.8, 4) is 6.07 Å². The first-order chi connectivity index (χ1) is 10.3. The van der Waals surface area contributed by atoms with Crippen molar-refractivity contribution < 1.29 is 0 Å². The molecule has 0 unspecified atom stereocenters. The predicted octanol–water partition coefficient (Wildman–Crippen LogP) is 2.06. The van der Waals surface area contributed by atoms with Crippen LogP contribution in [0.1, 0.15) is 24.2 Å². The molecule has 3 rings (SSSR count). The van der Waals surface area contributed by atoms with Gasteiger partial charge in [-0.15, -0.1) is 11.3 Å². The van der Waals surface area contributed by atoms with Gasteiger partial charge in [0, 0.05) is 31.4 Å². The van der Waals surface area contributed by atoms with Crippen LogP contribution in [0.2, 0.25) is 0 Å². The number of nitrogens with one attached hydrogen (secondary N) is 1. The summed E-state index contributed by atoms with van der Waals surface area (Å²) < 4.78 is 0. The van der Waals surface area contributed by atoms with E-state index in [1.54, 1.807) is 17.5 Å². The smallest absolute Gasteiger partial charge is 0.185 e. The highest BCUT2D eigenvalue weighted by Gasteiger charge is 2.15. The Morgan fingerprint density at radius 3 is 2.86 bits per heavy atom. The molecule has 0 aliphatic carbocycles. The number of rotatable bonds is 5. The number of thiazole rings is 1. The van der Waals surface area contributed by atoms with Gasteiger partial charge in [0.1, 0.15) is 11.9 Å². The van der Waals surface area contributed by atoms with Crippen LogP contribution in [0.25, 0.3) is 0 Å². The molecule has 1 aliphatic rings. The molecule has 2 aromatic rings. The molecule has 0 amide bonds. The lowest BCUT2D eigenvalue weighted by molar-refractivity contribution is 0.922. The van der Waals surface area contributed by atoms with Crippen LogP contribution in [0.15, 0.2) is 17.8 Å². The standard InChI is InChI=1S/C14H16N6S/c15-7-12-8-18-13(9-17-12)16-4-3-11-10-21-14(19-11)20-5-1-2-6-20/h8-10H,1-6H2,(H,16,18). The van der Waals surface area contributed by atoms with E-state index in [0.717, 1.165) is 36.9 Å². The summed E-state index contributed by atoms with van der Waals surface area (Å²) in [6, 6.07) is 1.95. The van der Waals surface area contributed by atoms with Crippen molar-refractivity contribution in [2.45, 2.75) is 19.3 Å². The number of hydrogen-bond acceptors (Lipinski definition) is 7. The largest absolute Gasteiger partial charge is 0.368 e. The second-order valence-corrected chi connectivity index (χ2v) is 5.73. The van der Waals surface area contributed by atoms with Crippen LogP contribution in [0.3, 0.4) is 0 Å². The topological polar surface area (TPSA) is 77.7 Å².